The van der Waals surface area contributed by atoms with Crippen LogP contribution in [-0.2, 0) is 15.3 Å². The van der Waals surface area contributed by atoms with Crippen molar-refractivity contribution in [2.75, 3.05) is 7.11 Å². The lowest BCUT2D eigenvalue weighted by atomic mass is 9.93. The van der Waals surface area contributed by atoms with Crippen molar-refractivity contribution in [3.63, 3.8) is 0 Å². The van der Waals surface area contributed by atoms with Crippen molar-refractivity contribution in [3.05, 3.63) is 71.2 Å². The quantitative estimate of drug-likeness (QED) is 0.189. The average Bonchev–Trinajstić information content (AvgIpc) is 2.86. The fraction of sp³-hybridized carbons (Fsp3) is 0.200. The van der Waals surface area contributed by atoms with E-state index in [1.54, 1.807) is 12.1 Å². The van der Waals surface area contributed by atoms with E-state index in [2.05, 4.69) is 20.7 Å². The maximum atomic E-state index is 14.7. The van der Waals surface area contributed by atoms with E-state index in [9.17, 15) is 43.7 Å². The van der Waals surface area contributed by atoms with Gasteiger partial charge in [0.25, 0.3) is 0 Å². The Balaban J connectivity index is 2.07. The monoisotopic (exact) mass is 644 g/mol. The van der Waals surface area contributed by atoms with Gasteiger partial charge in [-0.1, -0.05) is 58.4 Å². The molecule has 4 rings (SSSR count). The van der Waals surface area contributed by atoms with Crippen molar-refractivity contribution in [3.8, 4) is 16.9 Å². The van der Waals surface area contributed by atoms with Crippen molar-refractivity contribution in [2.45, 2.75) is 29.0 Å². The first kappa shape index (κ1) is 29.2. The van der Waals surface area contributed by atoms with Crippen LogP contribution < -0.4 is 4.74 Å². The smallest absolute Gasteiger partial charge is 0.427 e. The first-order valence-corrected chi connectivity index (χ1v) is 12.5. The lowest BCUT2D eigenvalue weighted by molar-refractivity contribution is -0.428. The van der Waals surface area contributed by atoms with E-state index in [0.717, 1.165) is 19.2 Å². The Morgan fingerprint density at radius 1 is 0.718 bits per heavy atom. The van der Waals surface area contributed by atoms with E-state index in [0.29, 0.717) is 15.2 Å². The van der Waals surface area contributed by atoms with Crippen LogP contribution in [0.15, 0.2) is 76.1 Å². The molecule has 4 aromatic carbocycles. The topological polar surface area (TPSA) is 35.5 Å². The van der Waals surface area contributed by atoms with Crippen molar-refractivity contribution in [1.82, 2.24) is 0 Å². The second-order valence-corrected chi connectivity index (χ2v) is 10.3. The molecule has 0 aliphatic carbocycles. The van der Waals surface area contributed by atoms with Gasteiger partial charge in [0.05, 0.1) is 12.0 Å². The highest BCUT2D eigenvalue weighted by atomic mass is 79.9. The van der Waals surface area contributed by atoms with E-state index < -0.39 is 46.5 Å². The normalized spacial score (nSPS) is 14.1. The Bertz CT molecular complexity index is 1590. The molecule has 14 heteroatoms. The number of halogens is 10. The van der Waals surface area contributed by atoms with E-state index in [1.807, 2.05) is 0 Å². The minimum absolute atomic E-state index is 0.0445. The number of fused-ring (bicyclic) bond motifs is 2. The van der Waals surface area contributed by atoms with Gasteiger partial charge in [-0.2, -0.15) is 39.5 Å². The largest absolute Gasteiger partial charge is 0.471 e. The van der Waals surface area contributed by atoms with Crippen LogP contribution in [0.1, 0.15) is 0 Å². The maximum absolute atomic E-state index is 14.7. The SMILES string of the molecule is COS(=O)c1ccc2ccccc2c1-c1c(OC(F)(F)C(F)(F)C(F)(F)C(F)(F)F)ccc2cc(Br)ccc12. The molecule has 1 unspecified atom stereocenters. The van der Waals surface area contributed by atoms with E-state index in [-0.39, 0.29) is 21.2 Å². The van der Waals surface area contributed by atoms with Crippen LogP contribution in [0.2, 0.25) is 0 Å². The molecule has 0 amide bonds. The standard InChI is InChI=1S/C25H14BrF9O3S/c1-37-39(36)19-11-7-13-4-2-3-5-16(13)21(19)20-17-9-8-15(26)12-14(17)6-10-18(20)38-25(34,35)23(29,30)22(27,28)24(31,32)33/h2-12H,1H3. The third kappa shape index (κ3) is 4.86. The molecule has 1 atom stereocenters. The van der Waals surface area contributed by atoms with Gasteiger partial charge in [-0.25, -0.2) is 4.21 Å². The zero-order valence-corrected chi connectivity index (χ0v) is 21.7. The van der Waals surface area contributed by atoms with E-state index in [4.69, 9.17) is 4.18 Å². The summed E-state index contributed by atoms with van der Waals surface area (Å²) in [6.45, 7) is 0. The second-order valence-electron chi connectivity index (χ2n) is 8.13. The zero-order chi connectivity index (χ0) is 29.0. The number of alkyl halides is 9. The van der Waals surface area contributed by atoms with Crippen LogP contribution in [0.25, 0.3) is 32.7 Å². The molecular weight excluding hydrogens is 631 g/mol. The molecule has 0 fully saturated rings. The number of benzene rings is 4. The minimum atomic E-state index is -7.15. The van der Waals surface area contributed by atoms with Gasteiger partial charge in [0, 0.05) is 15.6 Å². The Labute approximate surface area is 225 Å². The third-order valence-electron chi connectivity index (χ3n) is 5.77. The fourth-order valence-electron chi connectivity index (χ4n) is 3.92. The molecule has 0 radical (unpaired) electrons. The summed E-state index contributed by atoms with van der Waals surface area (Å²) >= 11 is 0.977. The molecule has 4 aromatic rings. The second kappa shape index (κ2) is 9.97. The first-order chi connectivity index (χ1) is 18.0. The molecule has 39 heavy (non-hydrogen) atoms. The van der Waals surface area contributed by atoms with Gasteiger partial charge >= 0.3 is 24.1 Å². The van der Waals surface area contributed by atoms with Gasteiger partial charge < -0.3 is 4.74 Å². The lowest BCUT2D eigenvalue weighted by Crippen LogP contribution is -2.62. The van der Waals surface area contributed by atoms with Crippen LogP contribution in [0.4, 0.5) is 39.5 Å². The Morgan fingerprint density at radius 3 is 1.97 bits per heavy atom. The number of hydrogen-bond acceptors (Lipinski definition) is 3. The summed E-state index contributed by atoms with van der Waals surface area (Å²) < 4.78 is 145. The van der Waals surface area contributed by atoms with Gasteiger partial charge in [0.1, 0.15) is 5.75 Å². The Kier molecular flexibility index (Phi) is 7.45. The van der Waals surface area contributed by atoms with Crippen LogP contribution >= 0.6 is 15.9 Å². The fourth-order valence-corrected chi connectivity index (χ4v) is 5.04. The zero-order valence-electron chi connectivity index (χ0n) is 19.3. The van der Waals surface area contributed by atoms with Crippen molar-refractivity contribution >= 4 is 48.6 Å². The molecule has 0 aromatic heterocycles. The minimum Gasteiger partial charge on any atom is -0.427 e. The summed E-state index contributed by atoms with van der Waals surface area (Å²) in [5, 5.41) is 1.06. The van der Waals surface area contributed by atoms with Crippen molar-refractivity contribution < 1.29 is 52.6 Å². The summed E-state index contributed by atoms with van der Waals surface area (Å²) in [7, 11) is 1.07. The summed E-state index contributed by atoms with van der Waals surface area (Å²) in [5.41, 5.74) is -0.527. The molecule has 3 nitrogen and oxygen atoms in total. The molecule has 0 spiro atoms. The van der Waals surface area contributed by atoms with Gasteiger partial charge in [-0.3, -0.25) is 4.18 Å². The van der Waals surface area contributed by atoms with Gasteiger partial charge in [-0.05, 0) is 45.8 Å². The van der Waals surface area contributed by atoms with E-state index in [1.165, 1.54) is 42.5 Å². The maximum Gasteiger partial charge on any atom is 0.471 e. The molecule has 0 saturated heterocycles. The van der Waals surface area contributed by atoms with Gasteiger partial charge in [-0.15, -0.1) is 0 Å². The van der Waals surface area contributed by atoms with Crippen LogP contribution in [0.3, 0.4) is 0 Å². The molecule has 0 saturated carbocycles. The molecule has 0 heterocycles. The molecule has 0 N–H and O–H groups in total. The Morgan fingerprint density at radius 2 is 1.33 bits per heavy atom. The first-order valence-electron chi connectivity index (χ1n) is 10.6. The van der Waals surface area contributed by atoms with Gasteiger partial charge in [0.15, 0.2) is 11.1 Å². The molecule has 0 bridgehead atoms. The van der Waals surface area contributed by atoms with Gasteiger partial charge in [0.2, 0.25) is 0 Å². The molecule has 208 valence electrons. The molecule has 0 aliphatic heterocycles. The lowest BCUT2D eigenvalue weighted by Gasteiger charge is -2.33. The highest BCUT2D eigenvalue weighted by Crippen LogP contribution is 2.54. The average molecular weight is 645 g/mol. The number of hydrogen-bond donors (Lipinski definition) is 0. The van der Waals surface area contributed by atoms with Crippen molar-refractivity contribution in [1.29, 1.82) is 0 Å². The van der Waals surface area contributed by atoms with E-state index >= 15 is 0 Å². The number of ether oxygens (including phenoxy) is 1. The molecular formula is C25H14BrF9O3S. The highest BCUT2D eigenvalue weighted by molar-refractivity contribution is 9.10. The van der Waals surface area contributed by atoms with Crippen LogP contribution in [0.5, 0.6) is 5.75 Å². The summed E-state index contributed by atoms with van der Waals surface area (Å²) in [6.07, 6.45) is -13.4. The van der Waals surface area contributed by atoms with Crippen LogP contribution in [-0.4, -0.2) is 35.4 Å². The summed E-state index contributed by atoms with van der Waals surface area (Å²) in [4.78, 5) is -0.132. The Hall–Kier alpha value is -2.84. The van der Waals surface area contributed by atoms with Crippen LogP contribution in [0, 0.1) is 0 Å². The third-order valence-corrected chi connectivity index (χ3v) is 7.26. The number of rotatable bonds is 7. The van der Waals surface area contributed by atoms with Crippen molar-refractivity contribution in [2.24, 2.45) is 0 Å². The summed E-state index contributed by atoms with van der Waals surface area (Å²) in [6, 6.07) is 15.2. The molecule has 0 aliphatic rings. The predicted octanol–water partition coefficient (Wildman–Crippen LogP) is 8.90. The predicted molar refractivity (Wildman–Crippen MR) is 130 cm³/mol. The summed E-state index contributed by atoms with van der Waals surface area (Å²) in [5.74, 6) is -15.3. The highest BCUT2D eigenvalue weighted by Gasteiger charge is 2.83.